The Bertz CT molecular complexity index is 553. The van der Waals surface area contributed by atoms with Gasteiger partial charge in [0.25, 0.3) is 5.91 Å². The van der Waals surface area contributed by atoms with Gasteiger partial charge in [0.15, 0.2) is 6.10 Å². The first-order valence-electron chi connectivity index (χ1n) is 5.59. The Hall–Kier alpha value is -2.14. The summed E-state index contributed by atoms with van der Waals surface area (Å²) >= 11 is 0. The molecule has 0 spiro atoms. The highest BCUT2D eigenvalue weighted by molar-refractivity contribution is 5.79. The van der Waals surface area contributed by atoms with Gasteiger partial charge in [-0.25, -0.2) is 4.98 Å². The van der Waals surface area contributed by atoms with E-state index in [0.29, 0.717) is 5.56 Å². The Morgan fingerprint density at radius 2 is 1.89 bits per heavy atom. The van der Waals surface area contributed by atoms with Gasteiger partial charge < -0.3 is 15.4 Å². The van der Waals surface area contributed by atoms with Crippen LogP contribution in [0.2, 0.25) is 0 Å². The number of aliphatic hydroxyl groups is 1. The maximum atomic E-state index is 10.9. The van der Waals surface area contributed by atoms with Crippen LogP contribution in [0.1, 0.15) is 23.1 Å². The molecule has 18 heavy (non-hydrogen) atoms. The van der Waals surface area contributed by atoms with Crippen LogP contribution < -0.4 is 5.73 Å². The number of hydrogen-bond acceptors (Lipinski definition) is 3. The SMILES string of the molecule is Cc1ccc(C)n1-c1ccc([C@@H](O)C(N)=O)cn1. The number of carbonyl (C=O) groups is 1. The van der Waals surface area contributed by atoms with Crippen LogP contribution in [0.4, 0.5) is 0 Å². The predicted molar refractivity (Wildman–Crippen MR) is 67.2 cm³/mol. The number of rotatable bonds is 3. The molecule has 5 nitrogen and oxygen atoms in total. The summed E-state index contributed by atoms with van der Waals surface area (Å²) in [6.07, 6.45) is 0.155. The van der Waals surface area contributed by atoms with Crippen molar-refractivity contribution < 1.29 is 9.90 Å². The van der Waals surface area contributed by atoms with Gasteiger partial charge in [-0.1, -0.05) is 6.07 Å². The van der Waals surface area contributed by atoms with Gasteiger partial charge in [0.1, 0.15) is 5.82 Å². The Balaban J connectivity index is 2.36. The molecule has 0 aliphatic carbocycles. The van der Waals surface area contributed by atoms with E-state index in [9.17, 15) is 9.90 Å². The van der Waals surface area contributed by atoms with E-state index >= 15 is 0 Å². The van der Waals surface area contributed by atoms with Crippen LogP contribution in [0.15, 0.2) is 30.5 Å². The van der Waals surface area contributed by atoms with Crippen LogP contribution in [0.3, 0.4) is 0 Å². The molecule has 0 fully saturated rings. The minimum atomic E-state index is -1.31. The van der Waals surface area contributed by atoms with Gasteiger partial charge in [-0.2, -0.15) is 0 Å². The molecule has 94 valence electrons. The van der Waals surface area contributed by atoms with Crippen LogP contribution >= 0.6 is 0 Å². The fourth-order valence-corrected chi connectivity index (χ4v) is 1.89. The second-order valence-corrected chi connectivity index (χ2v) is 4.21. The molecule has 0 radical (unpaired) electrons. The van der Waals surface area contributed by atoms with Crippen molar-refractivity contribution in [3.63, 3.8) is 0 Å². The van der Waals surface area contributed by atoms with Crippen molar-refractivity contribution >= 4 is 5.91 Å². The summed E-state index contributed by atoms with van der Waals surface area (Å²) in [5.74, 6) is -0.0340. The Labute approximate surface area is 105 Å². The van der Waals surface area contributed by atoms with Crippen molar-refractivity contribution in [2.75, 3.05) is 0 Å². The Morgan fingerprint density at radius 1 is 1.28 bits per heavy atom. The number of hydrogen-bond donors (Lipinski definition) is 2. The molecule has 2 rings (SSSR count). The van der Waals surface area contributed by atoms with Gasteiger partial charge in [0.05, 0.1) is 0 Å². The van der Waals surface area contributed by atoms with Crippen molar-refractivity contribution in [2.24, 2.45) is 5.73 Å². The zero-order valence-corrected chi connectivity index (χ0v) is 10.3. The molecule has 0 aliphatic heterocycles. The molecular weight excluding hydrogens is 230 g/mol. The smallest absolute Gasteiger partial charge is 0.250 e. The third-order valence-corrected chi connectivity index (χ3v) is 2.86. The van der Waals surface area contributed by atoms with E-state index < -0.39 is 12.0 Å². The fraction of sp³-hybridized carbons (Fsp3) is 0.231. The number of aliphatic hydroxyl groups excluding tert-OH is 1. The molecule has 2 aromatic heterocycles. The molecule has 0 bridgehead atoms. The summed E-state index contributed by atoms with van der Waals surface area (Å²) in [5.41, 5.74) is 7.57. The molecule has 1 atom stereocenters. The molecule has 2 heterocycles. The molecule has 0 unspecified atom stereocenters. The van der Waals surface area contributed by atoms with Gasteiger partial charge in [-0.15, -0.1) is 0 Å². The second kappa shape index (κ2) is 4.62. The molecule has 0 aliphatic rings. The average Bonchev–Trinajstić information content (AvgIpc) is 2.68. The van der Waals surface area contributed by atoms with Crippen LogP contribution in [0, 0.1) is 13.8 Å². The summed E-state index contributed by atoms with van der Waals surface area (Å²) in [6, 6.07) is 7.41. The highest BCUT2D eigenvalue weighted by Crippen LogP contribution is 2.17. The topological polar surface area (TPSA) is 81.1 Å². The van der Waals surface area contributed by atoms with Crippen molar-refractivity contribution in [1.82, 2.24) is 9.55 Å². The summed E-state index contributed by atoms with van der Waals surface area (Å²) < 4.78 is 1.99. The number of nitrogens with two attached hydrogens (primary N) is 1. The third kappa shape index (κ3) is 2.12. The van der Waals surface area contributed by atoms with Crippen molar-refractivity contribution in [3.05, 3.63) is 47.4 Å². The second-order valence-electron chi connectivity index (χ2n) is 4.21. The minimum Gasteiger partial charge on any atom is -0.378 e. The van der Waals surface area contributed by atoms with Crippen LogP contribution in [0.5, 0.6) is 0 Å². The lowest BCUT2D eigenvalue weighted by molar-refractivity contribution is -0.126. The highest BCUT2D eigenvalue weighted by atomic mass is 16.3. The van der Waals surface area contributed by atoms with Crippen molar-refractivity contribution in [3.8, 4) is 5.82 Å². The van der Waals surface area contributed by atoms with E-state index in [1.54, 1.807) is 12.1 Å². The number of primary amides is 1. The Morgan fingerprint density at radius 3 is 2.33 bits per heavy atom. The lowest BCUT2D eigenvalue weighted by atomic mass is 10.1. The number of pyridine rings is 1. The zero-order valence-electron chi connectivity index (χ0n) is 10.3. The van der Waals surface area contributed by atoms with E-state index in [4.69, 9.17) is 5.73 Å². The Kier molecular flexibility index (Phi) is 3.16. The average molecular weight is 245 g/mol. The van der Waals surface area contributed by atoms with Crippen LogP contribution in [0.25, 0.3) is 5.82 Å². The summed E-state index contributed by atoms with van der Waals surface area (Å²) in [5, 5.41) is 9.51. The molecular formula is C13H15N3O2. The molecule has 2 aromatic rings. The maximum Gasteiger partial charge on any atom is 0.250 e. The fourth-order valence-electron chi connectivity index (χ4n) is 1.89. The van der Waals surface area contributed by atoms with E-state index in [1.807, 2.05) is 30.5 Å². The normalized spacial score (nSPS) is 12.4. The molecule has 0 aromatic carbocycles. The first-order chi connectivity index (χ1) is 8.50. The first kappa shape index (κ1) is 12.3. The molecule has 5 heteroatoms. The predicted octanol–water partition coefficient (Wildman–Crippen LogP) is 1.01. The molecule has 0 saturated heterocycles. The standard InChI is InChI=1S/C13H15N3O2/c1-8-3-4-9(2)16(8)11-6-5-10(7-15-11)12(17)13(14)18/h3-7,12,17H,1-2H3,(H2,14,18)/t12-/m1/s1. The number of amides is 1. The van der Waals surface area contributed by atoms with Gasteiger partial charge in [-0.05, 0) is 32.0 Å². The van der Waals surface area contributed by atoms with E-state index in [2.05, 4.69) is 4.98 Å². The number of nitrogens with zero attached hydrogens (tertiary/aromatic N) is 2. The molecule has 3 N–H and O–H groups in total. The minimum absolute atomic E-state index is 0.397. The van der Waals surface area contributed by atoms with Gasteiger partial charge >= 0.3 is 0 Å². The number of aromatic nitrogens is 2. The third-order valence-electron chi connectivity index (χ3n) is 2.86. The van der Waals surface area contributed by atoms with E-state index in [-0.39, 0.29) is 0 Å². The monoisotopic (exact) mass is 245 g/mol. The molecule has 0 saturated carbocycles. The maximum absolute atomic E-state index is 10.9. The van der Waals surface area contributed by atoms with Crippen molar-refractivity contribution in [2.45, 2.75) is 20.0 Å². The summed E-state index contributed by atoms with van der Waals surface area (Å²) in [6.45, 7) is 3.97. The number of aryl methyl sites for hydroxylation is 2. The molecule has 1 amide bonds. The largest absolute Gasteiger partial charge is 0.378 e. The lowest BCUT2D eigenvalue weighted by Crippen LogP contribution is -2.21. The summed E-state index contributed by atoms with van der Waals surface area (Å²) in [7, 11) is 0. The summed E-state index contributed by atoms with van der Waals surface area (Å²) in [4.78, 5) is 15.1. The zero-order chi connectivity index (χ0) is 13.3. The van der Waals surface area contributed by atoms with Crippen LogP contribution in [-0.2, 0) is 4.79 Å². The lowest BCUT2D eigenvalue weighted by Gasteiger charge is -2.10. The first-order valence-corrected chi connectivity index (χ1v) is 5.59. The van der Waals surface area contributed by atoms with E-state index in [0.717, 1.165) is 17.2 Å². The van der Waals surface area contributed by atoms with E-state index in [1.165, 1.54) is 6.20 Å². The highest BCUT2D eigenvalue weighted by Gasteiger charge is 2.14. The van der Waals surface area contributed by atoms with Gasteiger partial charge in [0, 0.05) is 23.1 Å². The van der Waals surface area contributed by atoms with Gasteiger partial charge in [0.2, 0.25) is 0 Å². The van der Waals surface area contributed by atoms with Gasteiger partial charge in [-0.3, -0.25) is 4.79 Å². The quantitative estimate of drug-likeness (QED) is 0.846. The number of carbonyl (C=O) groups excluding carboxylic acids is 1. The van der Waals surface area contributed by atoms with Crippen molar-refractivity contribution in [1.29, 1.82) is 0 Å². The van der Waals surface area contributed by atoms with Crippen LogP contribution in [-0.4, -0.2) is 20.6 Å².